The number of carbonyl (C=O) groups is 2. The second-order valence-corrected chi connectivity index (χ2v) is 8.23. The van der Waals surface area contributed by atoms with E-state index in [1.807, 2.05) is 13.8 Å². The summed E-state index contributed by atoms with van der Waals surface area (Å²) in [7, 11) is 0. The summed E-state index contributed by atoms with van der Waals surface area (Å²) in [5.41, 5.74) is 0.669. The molecule has 3 atom stereocenters. The number of esters is 1. The highest BCUT2D eigenvalue weighted by molar-refractivity contribution is 6.00. The first-order valence-electron chi connectivity index (χ1n) is 9.10. The van der Waals surface area contributed by atoms with Crippen LogP contribution in [-0.2, 0) is 19.1 Å². The minimum atomic E-state index is -0.703. The van der Waals surface area contributed by atoms with Crippen LogP contribution in [0.4, 0.5) is 10.1 Å². The fourth-order valence-electron chi connectivity index (χ4n) is 3.51. The zero-order valence-corrected chi connectivity index (χ0v) is 15.7. The predicted octanol–water partition coefficient (Wildman–Crippen LogP) is 3.63. The van der Waals surface area contributed by atoms with Gasteiger partial charge in [-0.1, -0.05) is 33.8 Å². The van der Waals surface area contributed by atoms with Gasteiger partial charge in [-0.25, -0.2) is 4.39 Å². The first-order chi connectivity index (χ1) is 12.2. The van der Waals surface area contributed by atoms with E-state index in [9.17, 15) is 14.0 Å². The number of anilines is 1. The molecule has 0 bridgehead atoms. The van der Waals surface area contributed by atoms with Crippen molar-refractivity contribution in [2.24, 2.45) is 11.3 Å². The van der Waals surface area contributed by atoms with Crippen LogP contribution in [0.3, 0.4) is 0 Å². The Labute approximate surface area is 153 Å². The van der Waals surface area contributed by atoms with Crippen molar-refractivity contribution in [1.82, 2.24) is 0 Å². The van der Waals surface area contributed by atoms with Crippen molar-refractivity contribution < 1.29 is 23.5 Å². The molecule has 26 heavy (non-hydrogen) atoms. The molecule has 0 radical (unpaired) electrons. The maximum Gasteiger partial charge on any atom is 0.314 e. The van der Waals surface area contributed by atoms with Gasteiger partial charge in [-0.15, -0.1) is 0 Å². The molecule has 142 valence electrons. The quantitative estimate of drug-likeness (QED) is 0.812. The van der Waals surface area contributed by atoms with Gasteiger partial charge in [-0.2, -0.15) is 0 Å². The Hall–Kier alpha value is -1.95. The smallest absolute Gasteiger partial charge is 0.314 e. The van der Waals surface area contributed by atoms with Crippen LogP contribution in [0, 0.1) is 17.2 Å². The number of fused-ring (bicyclic) bond motifs is 1. The third kappa shape index (κ3) is 3.61. The van der Waals surface area contributed by atoms with Gasteiger partial charge in [0.2, 0.25) is 5.91 Å². The van der Waals surface area contributed by atoms with E-state index < -0.39 is 17.7 Å². The summed E-state index contributed by atoms with van der Waals surface area (Å²) in [6.07, 6.45) is 0.471. The lowest BCUT2D eigenvalue weighted by Gasteiger charge is -2.50. The summed E-state index contributed by atoms with van der Waals surface area (Å²) in [5, 5.41) is 2.61. The van der Waals surface area contributed by atoms with Crippen molar-refractivity contribution in [3.8, 4) is 0 Å². The summed E-state index contributed by atoms with van der Waals surface area (Å²) >= 11 is 0. The molecule has 1 fully saturated rings. The summed E-state index contributed by atoms with van der Waals surface area (Å²) in [6, 6.07) is 4.06. The highest BCUT2D eigenvalue weighted by atomic mass is 19.1. The SMILES string of the molecule is CC(C)COC1CC(OC(=O)C2CC(=O)Nc3cc(F)ccc32)C1(C)C. The summed E-state index contributed by atoms with van der Waals surface area (Å²) in [6.45, 7) is 8.92. The van der Waals surface area contributed by atoms with Crippen molar-refractivity contribution in [3.05, 3.63) is 29.6 Å². The number of ether oxygens (including phenoxy) is 2. The highest BCUT2D eigenvalue weighted by Crippen LogP contribution is 2.46. The van der Waals surface area contributed by atoms with Crippen LogP contribution in [0.15, 0.2) is 18.2 Å². The Bertz CT molecular complexity index is 716. The number of halogens is 1. The van der Waals surface area contributed by atoms with Gasteiger partial charge >= 0.3 is 5.97 Å². The third-order valence-electron chi connectivity index (χ3n) is 5.32. The van der Waals surface area contributed by atoms with E-state index in [1.165, 1.54) is 18.2 Å². The number of rotatable bonds is 5. The molecular weight excluding hydrogens is 337 g/mol. The van der Waals surface area contributed by atoms with Crippen molar-refractivity contribution in [3.63, 3.8) is 0 Å². The standard InChI is InChI=1S/C20H26FNO4/c1-11(2)10-25-16-9-17(20(16,3)4)26-19(24)14-8-18(23)22-15-7-12(21)5-6-13(14)15/h5-7,11,14,16-17H,8-10H2,1-4H3,(H,22,23). The molecule has 1 aromatic rings. The fourth-order valence-corrected chi connectivity index (χ4v) is 3.51. The second kappa shape index (κ2) is 6.99. The van der Waals surface area contributed by atoms with E-state index in [-0.39, 0.29) is 30.0 Å². The minimum Gasteiger partial charge on any atom is -0.461 e. The average molecular weight is 363 g/mol. The number of nitrogens with one attached hydrogen (secondary N) is 1. The van der Waals surface area contributed by atoms with Crippen LogP contribution in [0.2, 0.25) is 0 Å². The monoisotopic (exact) mass is 363 g/mol. The van der Waals surface area contributed by atoms with Gasteiger partial charge in [0.15, 0.2) is 0 Å². The molecule has 2 aliphatic rings. The van der Waals surface area contributed by atoms with Crippen molar-refractivity contribution >= 4 is 17.6 Å². The molecule has 1 heterocycles. The molecule has 1 saturated carbocycles. The van der Waals surface area contributed by atoms with Crippen molar-refractivity contribution in [1.29, 1.82) is 0 Å². The number of amides is 1. The lowest BCUT2D eigenvalue weighted by atomic mass is 9.66. The topological polar surface area (TPSA) is 64.6 Å². The van der Waals surface area contributed by atoms with E-state index in [0.717, 1.165) is 0 Å². The van der Waals surface area contributed by atoms with Crippen LogP contribution in [0.1, 0.15) is 52.0 Å². The molecule has 1 aliphatic heterocycles. The highest BCUT2D eigenvalue weighted by Gasteiger charge is 2.52. The Balaban J connectivity index is 1.67. The van der Waals surface area contributed by atoms with Gasteiger partial charge in [0.05, 0.1) is 12.0 Å². The van der Waals surface area contributed by atoms with Gasteiger partial charge < -0.3 is 14.8 Å². The van der Waals surface area contributed by atoms with Crippen molar-refractivity contribution in [2.75, 3.05) is 11.9 Å². The lowest BCUT2D eigenvalue weighted by Crippen LogP contribution is -2.57. The van der Waals surface area contributed by atoms with Gasteiger partial charge in [0.1, 0.15) is 11.9 Å². The maximum atomic E-state index is 13.4. The Kier molecular flexibility index (Phi) is 5.06. The first-order valence-corrected chi connectivity index (χ1v) is 9.10. The van der Waals surface area contributed by atoms with Crippen LogP contribution in [-0.4, -0.2) is 30.7 Å². The maximum absolute atomic E-state index is 13.4. The third-order valence-corrected chi connectivity index (χ3v) is 5.32. The molecule has 3 unspecified atom stereocenters. The van der Waals surface area contributed by atoms with E-state index >= 15 is 0 Å². The van der Waals surface area contributed by atoms with E-state index in [0.29, 0.717) is 30.2 Å². The van der Waals surface area contributed by atoms with Gasteiger partial charge in [-0.3, -0.25) is 9.59 Å². The largest absolute Gasteiger partial charge is 0.461 e. The zero-order chi connectivity index (χ0) is 19.1. The van der Waals surface area contributed by atoms with Crippen LogP contribution in [0.5, 0.6) is 0 Å². The lowest BCUT2D eigenvalue weighted by molar-refractivity contribution is -0.206. The minimum absolute atomic E-state index is 0.0118. The van der Waals surface area contributed by atoms with Crippen molar-refractivity contribution in [2.45, 2.75) is 58.7 Å². The average Bonchev–Trinajstić information content (AvgIpc) is 2.55. The van der Waals surface area contributed by atoms with Crippen LogP contribution in [0.25, 0.3) is 0 Å². The second-order valence-electron chi connectivity index (χ2n) is 8.23. The number of carbonyl (C=O) groups excluding carboxylic acids is 2. The summed E-state index contributed by atoms with van der Waals surface area (Å²) in [5.74, 6) is -1.46. The number of benzene rings is 1. The molecule has 0 saturated heterocycles. The van der Waals surface area contributed by atoms with Crippen LogP contribution < -0.4 is 5.32 Å². The molecule has 1 N–H and O–H groups in total. The normalized spacial score (nSPS) is 26.7. The van der Waals surface area contributed by atoms with E-state index in [1.54, 1.807) is 0 Å². The van der Waals surface area contributed by atoms with Gasteiger partial charge in [0.25, 0.3) is 0 Å². The number of hydrogen-bond acceptors (Lipinski definition) is 4. The van der Waals surface area contributed by atoms with Gasteiger partial charge in [-0.05, 0) is 23.6 Å². The predicted molar refractivity (Wildman–Crippen MR) is 95.2 cm³/mol. The number of hydrogen-bond donors (Lipinski definition) is 1. The molecule has 3 rings (SSSR count). The molecule has 0 spiro atoms. The molecule has 1 amide bonds. The zero-order valence-electron chi connectivity index (χ0n) is 15.7. The van der Waals surface area contributed by atoms with E-state index in [4.69, 9.17) is 9.47 Å². The molecule has 5 nitrogen and oxygen atoms in total. The Morgan fingerprint density at radius 1 is 1.35 bits per heavy atom. The molecule has 0 aromatic heterocycles. The fraction of sp³-hybridized carbons (Fsp3) is 0.600. The Morgan fingerprint density at radius 3 is 2.73 bits per heavy atom. The van der Waals surface area contributed by atoms with Gasteiger partial charge in [0, 0.05) is 30.6 Å². The molecular formula is C20H26FNO4. The summed E-state index contributed by atoms with van der Waals surface area (Å²) in [4.78, 5) is 24.6. The molecule has 6 heteroatoms. The Morgan fingerprint density at radius 2 is 2.08 bits per heavy atom. The molecule has 1 aliphatic carbocycles. The van der Waals surface area contributed by atoms with Crippen LogP contribution >= 0.6 is 0 Å². The van der Waals surface area contributed by atoms with E-state index in [2.05, 4.69) is 19.2 Å². The summed E-state index contributed by atoms with van der Waals surface area (Å²) < 4.78 is 25.0. The first kappa shape index (κ1) is 18.8. The molecule has 1 aromatic carbocycles.